The van der Waals surface area contributed by atoms with Gasteiger partial charge in [0.25, 0.3) is 5.91 Å². The number of rotatable bonds is 4. The zero-order chi connectivity index (χ0) is 14.5. The van der Waals surface area contributed by atoms with Crippen LogP contribution in [0, 0.1) is 0 Å². The van der Waals surface area contributed by atoms with Gasteiger partial charge in [-0.1, -0.05) is 0 Å². The van der Waals surface area contributed by atoms with Crippen LogP contribution < -0.4 is 15.8 Å². The Balaban J connectivity index is 0.00000220. The van der Waals surface area contributed by atoms with E-state index in [0.29, 0.717) is 30.4 Å². The number of hydrogen-bond donors (Lipinski definition) is 2. The summed E-state index contributed by atoms with van der Waals surface area (Å²) >= 11 is 0. The van der Waals surface area contributed by atoms with Gasteiger partial charge in [-0.3, -0.25) is 9.59 Å². The molecule has 1 heterocycles. The van der Waals surface area contributed by atoms with Gasteiger partial charge in [0.15, 0.2) is 6.61 Å². The lowest BCUT2D eigenvalue weighted by atomic mass is 10.2. The van der Waals surface area contributed by atoms with Crippen LogP contribution in [0.3, 0.4) is 0 Å². The van der Waals surface area contributed by atoms with Crippen LogP contribution in [0.5, 0.6) is 5.75 Å². The van der Waals surface area contributed by atoms with Crippen molar-refractivity contribution in [2.45, 2.75) is 13.0 Å². The molecule has 2 rings (SSSR count). The first-order valence-corrected chi connectivity index (χ1v) is 6.60. The van der Waals surface area contributed by atoms with Crippen molar-refractivity contribution in [2.75, 3.05) is 26.2 Å². The Kier molecular flexibility index (Phi) is 6.45. The predicted octanol–water partition coefficient (Wildman–Crippen LogP) is 0.406. The van der Waals surface area contributed by atoms with Crippen LogP contribution >= 0.6 is 12.4 Å². The first-order chi connectivity index (χ1) is 9.56. The molecule has 1 aromatic rings. The number of benzene rings is 1. The number of ether oxygens (including phenoxy) is 1. The topological polar surface area (TPSA) is 84.7 Å². The number of nitrogens with zero attached hydrogens (tertiary/aromatic N) is 1. The number of carbonyl (C=O) groups excluding carboxylic acids is 2. The van der Waals surface area contributed by atoms with Crippen molar-refractivity contribution < 1.29 is 14.3 Å². The first-order valence-electron chi connectivity index (χ1n) is 6.60. The van der Waals surface area contributed by atoms with Crippen molar-refractivity contribution >= 4 is 24.2 Å². The minimum atomic E-state index is -0.484. The lowest BCUT2D eigenvalue weighted by molar-refractivity contribution is -0.134. The van der Waals surface area contributed by atoms with E-state index in [4.69, 9.17) is 10.5 Å². The zero-order valence-corrected chi connectivity index (χ0v) is 12.7. The van der Waals surface area contributed by atoms with Crippen LogP contribution in [0.15, 0.2) is 24.3 Å². The Labute approximate surface area is 130 Å². The van der Waals surface area contributed by atoms with Gasteiger partial charge in [0, 0.05) is 31.2 Å². The quantitative estimate of drug-likeness (QED) is 0.843. The van der Waals surface area contributed by atoms with Crippen LogP contribution in [0.25, 0.3) is 0 Å². The number of carbonyl (C=O) groups is 2. The molecule has 1 unspecified atom stereocenters. The van der Waals surface area contributed by atoms with E-state index >= 15 is 0 Å². The second-order valence-electron chi connectivity index (χ2n) is 4.87. The number of nitrogens with one attached hydrogen (secondary N) is 1. The third-order valence-corrected chi connectivity index (χ3v) is 3.22. The molecule has 1 aromatic carbocycles. The molecule has 0 saturated carbocycles. The average Bonchev–Trinajstić information content (AvgIpc) is 2.45. The first kappa shape index (κ1) is 17.3. The third kappa shape index (κ3) is 4.91. The van der Waals surface area contributed by atoms with Crippen molar-refractivity contribution in [2.24, 2.45) is 5.73 Å². The fourth-order valence-electron chi connectivity index (χ4n) is 2.11. The van der Waals surface area contributed by atoms with Crippen molar-refractivity contribution in [1.29, 1.82) is 0 Å². The maximum absolute atomic E-state index is 12.0. The van der Waals surface area contributed by atoms with Crippen molar-refractivity contribution in [1.82, 2.24) is 10.2 Å². The minimum absolute atomic E-state index is 0. The summed E-state index contributed by atoms with van der Waals surface area (Å²) in [7, 11) is 0. The maximum atomic E-state index is 12.0. The summed E-state index contributed by atoms with van der Waals surface area (Å²) in [6, 6.07) is 6.73. The highest BCUT2D eigenvalue weighted by atomic mass is 35.5. The van der Waals surface area contributed by atoms with Crippen LogP contribution in [0.4, 0.5) is 0 Å². The number of amides is 2. The molecular weight excluding hydrogens is 294 g/mol. The summed E-state index contributed by atoms with van der Waals surface area (Å²) in [5.74, 6) is 0.0336. The molecule has 2 amide bonds. The smallest absolute Gasteiger partial charge is 0.260 e. The summed E-state index contributed by atoms with van der Waals surface area (Å²) in [6.45, 7) is 4.25. The molecule has 1 aliphatic heterocycles. The second-order valence-corrected chi connectivity index (χ2v) is 4.87. The van der Waals surface area contributed by atoms with Crippen LogP contribution in [0.1, 0.15) is 17.3 Å². The van der Waals surface area contributed by atoms with Gasteiger partial charge in [-0.05, 0) is 31.2 Å². The molecule has 21 heavy (non-hydrogen) atoms. The van der Waals surface area contributed by atoms with Gasteiger partial charge >= 0.3 is 0 Å². The highest BCUT2D eigenvalue weighted by Gasteiger charge is 2.20. The number of piperazine rings is 1. The number of nitrogens with two attached hydrogens (primary N) is 1. The Morgan fingerprint density at radius 3 is 2.62 bits per heavy atom. The monoisotopic (exact) mass is 313 g/mol. The molecule has 1 aliphatic rings. The summed E-state index contributed by atoms with van der Waals surface area (Å²) in [4.78, 5) is 24.7. The molecule has 0 aromatic heterocycles. The normalized spacial score (nSPS) is 17.8. The molecule has 7 heteroatoms. The third-order valence-electron chi connectivity index (χ3n) is 3.22. The van der Waals surface area contributed by atoms with Gasteiger partial charge in [-0.25, -0.2) is 0 Å². The van der Waals surface area contributed by atoms with Gasteiger partial charge < -0.3 is 20.7 Å². The summed E-state index contributed by atoms with van der Waals surface area (Å²) in [5, 5.41) is 3.28. The fraction of sp³-hybridized carbons (Fsp3) is 0.429. The average molecular weight is 314 g/mol. The highest BCUT2D eigenvalue weighted by Crippen LogP contribution is 2.12. The van der Waals surface area contributed by atoms with E-state index in [0.717, 1.165) is 6.54 Å². The predicted molar refractivity (Wildman–Crippen MR) is 81.7 cm³/mol. The van der Waals surface area contributed by atoms with Gasteiger partial charge in [0.1, 0.15) is 5.75 Å². The molecule has 1 fully saturated rings. The lowest BCUT2D eigenvalue weighted by Gasteiger charge is -2.31. The molecule has 3 N–H and O–H groups in total. The molecule has 0 bridgehead atoms. The standard InChI is InChI=1S/C14H19N3O3.ClH/c1-10-8-17(7-6-16-10)13(18)9-20-12-4-2-11(3-5-12)14(15)19;/h2-5,10,16H,6-9H2,1H3,(H2,15,19);1H. The Morgan fingerprint density at radius 1 is 1.38 bits per heavy atom. The van der Waals surface area contributed by atoms with Gasteiger partial charge in [-0.15, -0.1) is 12.4 Å². The number of halogens is 1. The van der Waals surface area contributed by atoms with Crippen molar-refractivity contribution in [3.05, 3.63) is 29.8 Å². The molecule has 0 aliphatic carbocycles. The van der Waals surface area contributed by atoms with E-state index in [1.54, 1.807) is 29.2 Å². The molecule has 1 saturated heterocycles. The van der Waals surface area contributed by atoms with Gasteiger partial charge in [0.2, 0.25) is 5.91 Å². The van der Waals surface area contributed by atoms with Crippen LogP contribution in [-0.4, -0.2) is 49.0 Å². The lowest BCUT2D eigenvalue weighted by Crippen LogP contribution is -2.52. The molecule has 1 atom stereocenters. The number of hydrogen-bond acceptors (Lipinski definition) is 4. The number of primary amides is 1. The zero-order valence-electron chi connectivity index (χ0n) is 11.9. The van der Waals surface area contributed by atoms with Crippen LogP contribution in [0.2, 0.25) is 0 Å². The Hall–Kier alpha value is -1.79. The maximum Gasteiger partial charge on any atom is 0.260 e. The second kappa shape index (κ2) is 7.85. The molecular formula is C14H20ClN3O3. The van der Waals surface area contributed by atoms with E-state index in [9.17, 15) is 9.59 Å². The van der Waals surface area contributed by atoms with E-state index in [1.165, 1.54) is 0 Å². The van der Waals surface area contributed by atoms with E-state index in [1.807, 2.05) is 6.92 Å². The van der Waals surface area contributed by atoms with E-state index in [-0.39, 0.29) is 24.9 Å². The largest absolute Gasteiger partial charge is 0.484 e. The Morgan fingerprint density at radius 2 is 2.05 bits per heavy atom. The highest BCUT2D eigenvalue weighted by molar-refractivity contribution is 5.92. The van der Waals surface area contributed by atoms with Gasteiger partial charge in [0.05, 0.1) is 0 Å². The summed E-state index contributed by atoms with van der Waals surface area (Å²) in [5.41, 5.74) is 5.57. The van der Waals surface area contributed by atoms with Crippen molar-refractivity contribution in [3.8, 4) is 5.75 Å². The van der Waals surface area contributed by atoms with Gasteiger partial charge in [-0.2, -0.15) is 0 Å². The fourth-order valence-corrected chi connectivity index (χ4v) is 2.11. The van der Waals surface area contributed by atoms with E-state index < -0.39 is 5.91 Å². The SMILES string of the molecule is CC1CN(C(=O)COc2ccc(C(N)=O)cc2)CCN1.Cl. The minimum Gasteiger partial charge on any atom is -0.484 e. The molecule has 0 radical (unpaired) electrons. The molecule has 6 nitrogen and oxygen atoms in total. The van der Waals surface area contributed by atoms with Crippen LogP contribution in [-0.2, 0) is 4.79 Å². The summed E-state index contributed by atoms with van der Waals surface area (Å²) < 4.78 is 5.43. The molecule has 0 spiro atoms. The van der Waals surface area contributed by atoms with E-state index in [2.05, 4.69) is 5.32 Å². The molecule has 116 valence electrons. The Bertz CT molecular complexity index is 493. The van der Waals surface area contributed by atoms with Crippen molar-refractivity contribution in [3.63, 3.8) is 0 Å². The summed E-state index contributed by atoms with van der Waals surface area (Å²) in [6.07, 6.45) is 0.